The lowest BCUT2D eigenvalue weighted by Gasteiger charge is -2.14. The summed E-state index contributed by atoms with van der Waals surface area (Å²) >= 11 is 0. The van der Waals surface area contributed by atoms with Crippen LogP contribution in [0, 0.1) is 6.92 Å². The third kappa shape index (κ3) is 3.99. The molecular formula is C24H26N2O4. The fourth-order valence-corrected chi connectivity index (χ4v) is 3.81. The number of amides is 1. The number of ether oxygens (including phenoxy) is 3. The van der Waals surface area contributed by atoms with Crippen LogP contribution in [0.1, 0.15) is 28.0 Å². The Morgan fingerprint density at radius 3 is 2.67 bits per heavy atom. The lowest BCUT2D eigenvalue weighted by atomic mass is 10.1. The number of methoxy groups -OCH3 is 1. The molecule has 156 valence electrons. The molecule has 2 aromatic carbocycles. The van der Waals surface area contributed by atoms with Gasteiger partial charge < -0.3 is 24.5 Å². The van der Waals surface area contributed by atoms with E-state index in [1.165, 1.54) is 0 Å². The van der Waals surface area contributed by atoms with Crippen LogP contribution in [0.4, 0.5) is 0 Å². The molecule has 1 aromatic heterocycles. The maximum atomic E-state index is 12.0. The summed E-state index contributed by atoms with van der Waals surface area (Å²) in [5.74, 6) is 1.88. The Morgan fingerprint density at radius 2 is 1.90 bits per heavy atom. The van der Waals surface area contributed by atoms with E-state index in [9.17, 15) is 4.79 Å². The predicted molar refractivity (Wildman–Crippen MR) is 115 cm³/mol. The van der Waals surface area contributed by atoms with Crippen LogP contribution in [0.25, 0.3) is 11.3 Å². The van der Waals surface area contributed by atoms with E-state index >= 15 is 0 Å². The Labute approximate surface area is 176 Å². The van der Waals surface area contributed by atoms with Gasteiger partial charge >= 0.3 is 0 Å². The molecule has 0 radical (unpaired) electrons. The molecule has 0 spiro atoms. The van der Waals surface area contributed by atoms with Crippen molar-refractivity contribution < 1.29 is 19.0 Å². The van der Waals surface area contributed by atoms with Crippen molar-refractivity contribution in [2.45, 2.75) is 26.3 Å². The molecule has 0 bridgehead atoms. The molecule has 1 aliphatic heterocycles. The lowest BCUT2D eigenvalue weighted by Crippen LogP contribution is -2.13. The van der Waals surface area contributed by atoms with Gasteiger partial charge in [0.15, 0.2) is 11.5 Å². The summed E-state index contributed by atoms with van der Waals surface area (Å²) in [5, 5.41) is 0. The Hall–Kier alpha value is -3.41. The van der Waals surface area contributed by atoms with E-state index in [1.807, 2.05) is 49.4 Å². The monoisotopic (exact) mass is 406 g/mol. The van der Waals surface area contributed by atoms with Crippen molar-refractivity contribution in [2.75, 3.05) is 20.3 Å². The molecule has 1 amide bonds. The quantitative estimate of drug-likeness (QED) is 0.672. The number of benzene rings is 2. The highest BCUT2D eigenvalue weighted by atomic mass is 16.5. The van der Waals surface area contributed by atoms with Gasteiger partial charge in [0.05, 0.1) is 25.9 Å². The van der Waals surface area contributed by atoms with Crippen LogP contribution in [0.3, 0.4) is 0 Å². The van der Waals surface area contributed by atoms with Crippen LogP contribution >= 0.6 is 0 Å². The standard InChI is InChI=1S/C24H26N2O4/c1-16-20(24(25)27)15-21(18-7-8-22-23(14-18)30-12-4-11-29-22)26(16)10-9-17-5-3-6-19(13-17)28-2/h3,5-8,13-15H,4,9-12H2,1-2H3,(H2,25,27). The highest BCUT2D eigenvalue weighted by molar-refractivity contribution is 5.95. The van der Waals surface area contributed by atoms with Crippen LogP contribution in [-0.2, 0) is 13.0 Å². The first-order chi connectivity index (χ1) is 14.6. The molecule has 3 aromatic rings. The summed E-state index contributed by atoms with van der Waals surface area (Å²) in [4.78, 5) is 12.0. The Morgan fingerprint density at radius 1 is 1.10 bits per heavy atom. The van der Waals surface area contributed by atoms with Gasteiger partial charge in [-0.25, -0.2) is 0 Å². The minimum Gasteiger partial charge on any atom is -0.497 e. The summed E-state index contributed by atoms with van der Waals surface area (Å²) < 4.78 is 19.1. The first kappa shape index (κ1) is 19.9. The van der Waals surface area contributed by atoms with Crippen LogP contribution in [0.5, 0.6) is 17.2 Å². The number of aromatic nitrogens is 1. The van der Waals surface area contributed by atoms with Crippen LogP contribution in [0.15, 0.2) is 48.5 Å². The first-order valence-electron chi connectivity index (χ1n) is 10.1. The highest BCUT2D eigenvalue weighted by Crippen LogP contribution is 2.35. The summed E-state index contributed by atoms with van der Waals surface area (Å²) in [5.41, 5.74) is 10.1. The smallest absolute Gasteiger partial charge is 0.250 e. The van der Waals surface area contributed by atoms with Gasteiger partial charge in [-0.3, -0.25) is 4.79 Å². The summed E-state index contributed by atoms with van der Waals surface area (Å²) in [6.07, 6.45) is 1.65. The number of hydrogen-bond donors (Lipinski definition) is 1. The van der Waals surface area contributed by atoms with Crippen LogP contribution in [-0.4, -0.2) is 30.8 Å². The number of nitrogens with two attached hydrogens (primary N) is 1. The molecular weight excluding hydrogens is 380 g/mol. The van der Waals surface area contributed by atoms with Gasteiger partial charge in [-0.15, -0.1) is 0 Å². The van der Waals surface area contributed by atoms with Crippen molar-refractivity contribution >= 4 is 5.91 Å². The number of primary amides is 1. The number of hydrogen-bond acceptors (Lipinski definition) is 4. The van der Waals surface area contributed by atoms with Gasteiger partial charge in [-0.05, 0) is 55.3 Å². The first-order valence-corrected chi connectivity index (χ1v) is 10.1. The molecule has 2 heterocycles. The Bertz CT molecular complexity index is 1070. The average molecular weight is 406 g/mol. The zero-order valence-corrected chi connectivity index (χ0v) is 17.3. The van der Waals surface area contributed by atoms with E-state index in [0.717, 1.165) is 52.6 Å². The number of fused-ring (bicyclic) bond motifs is 1. The molecule has 0 atom stereocenters. The van der Waals surface area contributed by atoms with Crippen LogP contribution in [0.2, 0.25) is 0 Å². The van der Waals surface area contributed by atoms with Gasteiger partial charge in [0.1, 0.15) is 5.75 Å². The Kier molecular flexibility index (Phi) is 5.65. The second kappa shape index (κ2) is 8.53. The lowest BCUT2D eigenvalue weighted by molar-refractivity contribution is 0.0999. The summed E-state index contributed by atoms with van der Waals surface area (Å²) in [7, 11) is 1.66. The Balaban J connectivity index is 1.70. The van der Waals surface area contributed by atoms with Gasteiger partial charge in [-0.2, -0.15) is 0 Å². The minimum atomic E-state index is -0.428. The normalized spacial score (nSPS) is 13.0. The predicted octanol–water partition coefficient (Wildman–Crippen LogP) is 3.98. The SMILES string of the molecule is COc1cccc(CCn2c(-c3ccc4c(c3)OCCCO4)cc(C(N)=O)c2C)c1. The molecule has 4 rings (SSSR count). The second-order valence-corrected chi connectivity index (χ2v) is 7.36. The number of carbonyl (C=O) groups excluding carboxylic acids is 1. The van der Waals surface area contributed by atoms with Crippen molar-refractivity contribution in [3.8, 4) is 28.5 Å². The van der Waals surface area contributed by atoms with Gasteiger partial charge in [-0.1, -0.05) is 12.1 Å². The molecule has 0 aliphatic carbocycles. The van der Waals surface area contributed by atoms with Crippen LogP contribution < -0.4 is 19.9 Å². The molecule has 0 saturated carbocycles. The van der Waals surface area contributed by atoms with E-state index in [1.54, 1.807) is 7.11 Å². The van der Waals surface area contributed by atoms with Crippen molar-refractivity contribution in [3.63, 3.8) is 0 Å². The van der Waals surface area contributed by atoms with Gasteiger partial charge in [0.2, 0.25) is 0 Å². The summed E-state index contributed by atoms with van der Waals surface area (Å²) in [6.45, 7) is 3.90. The average Bonchev–Trinajstić information content (AvgIpc) is 2.92. The van der Waals surface area contributed by atoms with Gasteiger partial charge in [0.25, 0.3) is 5.91 Å². The van der Waals surface area contributed by atoms with Crippen molar-refractivity contribution in [2.24, 2.45) is 5.73 Å². The molecule has 30 heavy (non-hydrogen) atoms. The van der Waals surface area contributed by atoms with E-state index < -0.39 is 5.91 Å². The highest BCUT2D eigenvalue weighted by Gasteiger charge is 2.19. The maximum Gasteiger partial charge on any atom is 0.250 e. The topological polar surface area (TPSA) is 75.7 Å². The molecule has 1 aliphatic rings. The fourth-order valence-electron chi connectivity index (χ4n) is 3.81. The molecule has 0 saturated heterocycles. The van der Waals surface area contributed by atoms with E-state index in [4.69, 9.17) is 19.9 Å². The van der Waals surface area contributed by atoms with Crippen molar-refractivity contribution in [1.82, 2.24) is 4.57 Å². The van der Waals surface area contributed by atoms with E-state index in [0.29, 0.717) is 25.3 Å². The number of rotatable bonds is 6. The zero-order valence-electron chi connectivity index (χ0n) is 17.3. The van der Waals surface area contributed by atoms with E-state index in [-0.39, 0.29) is 0 Å². The minimum absolute atomic E-state index is 0.428. The van der Waals surface area contributed by atoms with E-state index in [2.05, 4.69) is 10.6 Å². The number of nitrogens with zero attached hydrogens (tertiary/aromatic N) is 1. The number of aryl methyl sites for hydroxylation is 1. The van der Waals surface area contributed by atoms with Crippen molar-refractivity contribution in [1.29, 1.82) is 0 Å². The second-order valence-electron chi connectivity index (χ2n) is 7.36. The summed E-state index contributed by atoms with van der Waals surface area (Å²) in [6, 6.07) is 15.8. The zero-order chi connectivity index (χ0) is 21.1. The molecule has 0 fully saturated rings. The molecule has 6 heteroatoms. The maximum absolute atomic E-state index is 12.0. The molecule has 2 N–H and O–H groups in total. The number of carbonyl (C=O) groups is 1. The molecule has 6 nitrogen and oxygen atoms in total. The third-order valence-corrected chi connectivity index (χ3v) is 5.43. The largest absolute Gasteiger partial charge is 0.497 e. The van der Waals surface area contributed by atoms with Crippen molar-refractivity contribution in [3.05, 3.63) is 65.4 Å². The third-order valence-electron chi connectivity index (χ3n) is 5.43. The van der Waals surface area contributed by atoms with Gasteiger partial charge in [0, 0.05) is 29.9 Å². The fraction of sp³-hybridized carbons (Fsp3) is 0.292. The molecule has 0 unspecified atom stereocenters.